The van der Waals surface area contributed by atoms with Gasteiger partial charge in [-0.25, -0.2) is 4.79 Å². The molecule has 1 aromatic rings. The van der Waals surface area contributed by atoms with Crippen LogP contribution in [-0.2, 0) is 4.79 Å². The normalized spacial score (nSPS) is 23.1. The van der Waals surface area contributed by atoms with Crippen molar-refractivity contribution >= 4 is 11.9 Å². The highest BCUT2D eigenvalue weighted by Crippen LogP contribution is 2.21. The van der Waals surface area contributed by atoms with Gasteiger partial charge in [0.05, 0.1) is 6.10 Å². The predicted octanol–water partition coefficient (Wildman–Crippen LogP) is 0.655. The van der Waals surface area contributed by atoms with Crippen molar-refractivity contribution in [2.75, 3.05) is 6.54 Å². The predicted molar refractivity (Wildman–Crippen MR) is 64.3 cm³/mol. The summed E-state index contributed by atoms with van der Waals surface area (Å²) >= 11 is 0. The topological polar surface area (TPSA) is 77.8 Å². The van der Waals surface area contributed by atoms with Gasteiger partial charge in [0.25, 0.3) is 5.91 Å². The van der Waals surface area contributed by atoms with Crippen molar-refractivity contribution in [1.29, 1.82) is 0 Å². The highest BCUT2D eigenvalue weighted by Gasteiger charge is 2.39. The maximum absolute atomic E-state index is 12.2. The monoisotopic (exact) mass is 249 g/mol. The van der Waals surface area contributed by atoms with E-state index in [1.807, 2.05) is 13.0 Å². The zero-order chi connectivity index (χ0) is 13.3. The molecule has 2 atom stereocenters. The number of carbonyl (C=O) groups excluding carboxylic acids is 1. The fourth-order valence-corrected chi connectivity index (χ4v) is 2.22. The van der Waals surface area contributed by atoms with E-state index in [1.165, 1.54) is 4.90 Å². The molecule has 5 nitrogen and oxygen atoms in total. The minimum absolute atomic E-state index is 0.0732. The first kappa shape index (κ1) is 12.6. The van der Waals surface area contributed by atoms with Crippen molar-refractivity contribution in [3.63, 3.8) is 0 Å². The van der Waals surface area contributed by atoms with Crippen LogP contribution in [0.4, 0.5) is 0 Å². The second kappa shape index (κ2) is 4.78. The number of β-amino-alcohol motifs (C(OH)–C–C–N with tert-alkyl or cyclic N) is 1. The SMILES string of the molecule is Cc1cccc(C(=O)N2C[C@@H](O)C[C@@H]2C(=O)O)c1. The van der Waals surface area contributed by atoms with Crippen LogP contribution in [0.25, 0.3) is 0 Å². The summed E-state index contributed by atoms with van der Waals surface area (Å²) < 4.78 is 0. The van der Waals surface area contributed by atoms with Crippen molar-refractivity contribution in [3.05, 3.63) is 35.4 Å². The molecule has 0 unspecified atom stereocenters. The number of benzene rings is 1. The van der Waals surface area contributed by atoms with Crippen LogP contribution in [0.1, 0.15) is 22.3 Å². The van der Waals surface area contributed by atoms with Gasteiger partial charge in [-0.2, -0.15) is 0 Å². The molecule has 1 fully saturated rings. The van der Waals surface area contributed by atoms with E-state index in [0.29, 0.717) is 5.56 Å². The number of aliphatic hydroxyl groups excluding tert-OH is 1. The molecular weight excluding hydrogens is 234 g/mol. The molecular formula is C13H15NO4. The van der Waals surface area contributed by atoms with Gasteiger partial charge in [0, 0.05) is 18.5 Å². The molecule has 0 spiro atoms. The molecule has 18 heavy (non-hydrogen) atoms. The van der Waals surface area contributed by atoms with Crippen molar-refractivity contribution in [2.45, 2.75) is 25.5 Å². The maximum atomic E-state index is 12.2. The number of likely N-dealkylation sites (tertiary alicyclic amines) is 1. The van der Waals surface area contributed by atoms with E-state index < -0.39 is 18.1 Å². The third-order valence-corrected chi connectivity index (χ3v) is 3.09. The van der Waals surface area contributed by atoms with E-state index in [0.717, 1.165) is 5.56 Å². The van der Waals surface area contributed by atoms with Gasteiger partial charge in [0.2, 0.25) is 0 Å². The van der Waals surface area contributed by atoms with Crippen LogP contribution in [0.3, 0.4) is 0 Å². The number of hydrogen-bond acceptors (Lipinski definition) is 3. The molecule has 96 valence electrons. The molecule has 5 heteroatoms. The Morgan fingerprint density at radius 3 is 2.72 bits per heavy atom. The molecule has 2 N–H and O–H groups in total. The van der Waals surface area contributed by atoms with Gasteiger partial charge in [-0.15, -0.1) is 0 Å². The van der Waals surface area contributed by atoms with Crippen molar-refractivity contribution in [2.24, 2.45) is 0 Å². The number of amides is 1. The van der Waals surface area contributed by atoms with Gasteiger partial charge in [0.15, 0.2) is 0 Å². The smallest absolute Gasteiger partial charge is 0.326 e. The highest BCUT2D eigenvalue weighted by atomic mass is 16.4. The lowest BCUT2D eigenvalue weighted by Gasteiger charge is -2.21. The largest absolute Gasteiger partial charge is 0.480 e. The number of aliphatic hydroxyl groups is 1. The molecule has 2 rings (SSSR count). The summed E-state index contributed by atoms with van der Waals surface area (Å²) in [6, 6.07) is 6.05. The fraction of sp³-hybridized carbons (Fsp3) is 0.385. The zero-order valence-corrected chi connectivity index (χ0v) is 10.0. The van der Waals surface area contributed by atoms with Crippen LogP contribution in [0.15, 0.2) is 24.3 Å². The minimum atomic E-state index is -1.08. The van der Waals surface area contributed by atoms with E-state index >= 15 is 0 Å². The molecule has 1 aromatic carbocycles. The van der Waals surface area contributed by atoms with Crippen LogP contribution in [0, 0.1) is 6.92 Å². The fourth-order valence-electron chi connectivity index (χ4n) is 2.22. The number of rotatable bonds is 2. The maximum Gasteiger partial charge on any atom is 0.326 e. The van der Waals surface area contributed by atoms with E-state index in [-0.39, 0.29) is 18.9 Å². The van der Waals surface area contributed by atoms with Gasteiger partial charge >= 0.3 is 5.97 Å². The third kappa shape index (κ3) is 2.36. The Morgan fingerprint density at radius 1 is 1.39 bits per heavy atom. The zero-order valence-electron chi connectivity index (χ0n) is 10.0. The number of carboxylic acid groups (broad SMARTS) is 1. The van der Waals surface area contributed by atoms with E-state index in [9.17, 15) is 14.7 Å². The first-order valence-corrected chi connectivity index (χ1v) is 5.77. The van der Waals surface area contributed by atoms with E-state index in [4.69, 9.17) is 5.11 Å². The Bertz CT molecular complexity index is 486. The lowest BCUT2D eigenvalue weighted by atomic mass is 10.1. The summed E-state index contributed by atoms with van der Waals surface area (Å²) in [5.41, 5.74) is 1.39. The van der Waals surface area contributed by atoms with Crippen LogP contribution in [0.2, 0.25) is 0 Å². The van der Waals surface area contributed by atoms with Gasteiger partial charge in [-0.3, -0.25) is 4.79 Å². The van der Waals surface area contributed by atoms with Gasteiger partial charge < -0.3 is 15.1 Å². The molecule has 1 amide bonds. The third-order valence-electron chi connectivity index (χ3n) is 3.09. The number of nitrogens with zero attached hydrogens (tertiary/aromatic N) is 1. The Morgan fingerprint density at radius 2 is 2.11 bits per heavy atom. The van der Waals surface area contributed by atoms with Gasteiger partial charge in [0.1, 0.15) is 6.04 Å². The molecule has 0 radical (unpaired) electrons. The average molecular weight is 249 g/mol. The molecule has 0 aliphatic carbocycles. The number of hydrogen-bond donors (Lipinski definition) is 2. The van der Waals surface area contributed by atoms with Crippen molar-refractivity contribution < 1.29 is 19.8 Å². The molecule has 0 saturated carbocycles. The highest BCUT2D eigenvalue weighted by molar-refractivity contribution is 5.97. The Hall–Kier alpha value is -1.88. The van der Waals surface area contributed by atoms with Gasteiger partial charge in [-0.1, -0.05) is 17.7 Å². The molecule has 1 heterocycles. The quantitative estimate of drug-likeness (QED) is 0.807. The Kier molecular flexibility index (Phi) is 3.34. The average Bonchev–Trinajstić information content (AvgIpc) is 2.70. The van der Waals surface area contributed by atoms with Crippen LogP contribution >= 0.6 is 0 Å². The summed E-state index contributed by atoms with van der Waals surface area (Å²) in [5.74, 6) is -1.42. The summed E-state index contributed by atoms with van der Waals surface area (Å²) in [7, 11) is 0. The first-order chi connectivity index (χ1) is 8.49. The van der Waals surface area contributed by atoms with Gasteiger partial charge in [-0.05, 0) is 19.1 Å². The summed E-state index contributed by atoms with van der Waals surface area (Å²) in [4.78, 5) is 24.5. The number of aryl methyl sites for hydroxylation is 1. The molecule has 0 aromatic heterocycles. The Labute approximate surface area is 105 Å². The van der Waals surface area contributed by atoms with Crippen LogP contribution in [0.5, 0.6) is 0 Å². The standard InChI is InChI=1S/C13H15NO4/c1-8-3-2-4-9(5-8)12(16)14-7-10(15)6-11(14)13(17)18/h2-5,10-11,15H,6-7H2,1H3,(H,17,18)/t10-,11+/m0/s1. The molecule has 0 bridgehead atoms. The Balaban J connectivity index is 2.25. The summed E-state index contributed by atoms with van der Waals surface area (Å²) in [6.45, 7) is 1.94. The number of carboxylic acids is 1. The van der Waals surface area contributed by atoms with Crippen molar-refractivity contribution in [1.82, 2.24) is 4.90 Å². The summed E-state index contributed by atoms with van der Waals surface area (Å²) in [5, 5.41) is 18.6. The van der Waals surface area contributed by atoms with E-state index in [1.54, 1.807) is 18.2 Å². The lowest BCUT2D eigenvalue weighted by Crippen LogP contribution is -2.40. The first-order valence-electron chi connectivity index (χ1n) is 5.77. The second-order valence-electron chi connectivity index (χ2n) is 4.57. The molecule has 1 saturated heterocycles. The van der Waals surface area contributed by atoms with E-state index in [2.05, 4.69) is 0 Å². The lowest BCUT2D eigenvalue weighted by molar-refractivity contribution is -0.141. The second-order valence-corrected chi connectivity index (χ2v) is 4.57. The van der Waals surface area contributed by atoms with Crippen LogP contribution < -0.4 is 0 Å². The number of aliphatic carboxylic acids is 1. The van der Waals surface area contributed by atoms with Crippen LogP contribution in [-0.4, -0.2) is 45.7 Å². The molecule has 1 aliphatic heterocycles. The number of carbonyl (C=O) groups is 2. The summed E-state index contributed by atoms with van der Waals surface area (Å²) in [6.07, 6.45) is -0.674. The van der Waals surface area contributed by atoms with Crippen molar-refractivity contribution in [3.8, 4) is 0 Å². The molecule has 1 aliphatic rings. The minimum Gasteiger partial charge on any atom is -0.480 e.